The lowest BCUT2D eigenvalue weighted by Gasteiger charge is -2.16. The number of primary amides is 1. The van der Waals surface area contributed by atoms with E-state index in [-0.39, 0.29) is 17.8 Å². The third-order valence-electron chi connectivity index (χ3n) is 3.94. The number of nitrogens with two attached hydrogens (primary N) is 1. The highest BCUT2D eigenvalue weighted by Crippen LogP contribution is 2.44. The molecule has 3 rings (SSSR count). The second kappa shape index (κ2) is 16.1. The van der Waals surface area contributed by atoms with Gasteiger partial charge in [0.05, 0.1) is 12.2 Å². The molecule has 0 bridgehead atoms. The maximum absolute atomic E-state index is 11.7. The minimum atomic E-state index is -4.14. The van der Waals surface area contributed by atoms with E-state index in [2.05, 4.69) is 4.98 Å². The number of para-hydroxylation sites is 2. The van der Waals surface area contributed by atoms with Gasteiger partial charge in [0, 0.05) is 12.4 Å². The predicted octanol–water partition coefficient (Wildman–Crippen LogP) is 0.686. The summed E-state index contributed by atoms with van der Waals surface area (Å²) in [6, 6.07) is 20.0. The number of rotatable bonds is 9. The van der Waals surface area contributed by atoms with E-state index in [1.807, 2.05) is 0 Å². The average molecular weight is 522 g/mol. The number of hydrogen-bond donors (Lipinski definition) is 6. The van der Waals surface area contributed by atoms with Gasteiger partial charge in [-0.15, -0.1) is 0 Å². The zero-order chi connectivity index (χ0) is 27.0. The van der Waals surface area contributed by atoms with Gasteiger partial charge in [-0.3, -0.25) is 14.7 Å². The van der Waals surface area contributed by atoms with Crippen LogP contribution >= 0.6 is 7.82 Å². The molecule has 0 aliphatic carbocycles. The number of carbonyl (C=O) groups is 2. The standard InChI is InChI=1S/C12H11O4P.C6H6N2O.C5H10O5/c13-17(14,15-11-7-3-1-4-8-11)16-12-9-5-2-6-10-12;7-6(9)5-2-1-3-8-4-5;6-1-3(8)5(10)4(9)2-7/h1-10H,(H,13,14);1-4H,(H2,7,9);1,3-5,7-10H,2H2. The molecule has 3 aromatic rings. The van der Waals surface area contributed by atoms with Gasteiger partial charge in [-0.2, -0.15) is 0 Å². The first-order chi connectivity index (χ1) is 17.1. The fourth-order valence-electron chi connectivity index (χ4n) is 2.17. The molecule has 0 spiro atoms. The number of aromatic nitrogens is 1. The molecule has 3 atom stereocenters. The number of nitrogens with zero attached hydrogens (tertiary/aromatic N) is 1. The Bertz CT molecular complexity index is 1030. The number of aliphatic hydroxyl groups is 4. The lowest BCUT2D eigenvalue weighted by molar-refractivity contribution is -0.127. The first-order valence-corrected chi connectivity index (χ1v) is 11.7. The molecule has 0 saturated heterocycles. The van der Waals surface area contributed by atoms with Crippen LogP contribution in [0.15, 0.2) is 85.2 Å². The summed E-state index contributed by atoms with van der Waals surface area (Å²) in [6.07, 6.45) is -1.61. The van der Waals surface area contributed by atoms with Crippen LogP contribution in [0.1, 0.15) is 10.4 Å². The number of hydrogen-bond acceptors (Lipinski definition) is 10. The Balaban J connectivity index is 0.000000293. The molecule has 0 fully saturated rings. The van der Waals surface area contributed by atoms with Crippen LogP contribution in [0.25, 0.3) is 0 Å². The Morgan fingerprint density at radius 1 is 0.944 bits per heavy atom. The van der Waals surface area contributed by atoms with Gasteiger partial charge >= 0.3 is 7.82 Å². The number of aldehydes is 1. The molecule has 36 heavy (non-hydrogen) atoms. The molecular weight excluding hydrogens is 495 g/mol. The summed E-state index contributed by atoms with van der Waals surface area (Å²) in [5.74, 6) is 0.131. The third kappa shape index (κ3) is 12.2. The molecule has 0 aliphatic rings. The fourth-order valence-corrected chi connectivity index (χ4v) is 2.99. The van der Waals surface area contributed by atoms with Gasteiger partial charge in [0.1, 0.15) is 29.8 Å². The number of carbonyl (C=O) groups excluding carboxylic acids is 2. The molecule has 1 aromatic heterocycles. The van der Waals surface area contributed by atoms with Crippen LogP contribution in [-0.4, -0.2) is 67.4 Å². The molecule has 0 radical (unpaired) electrons. The van der Waals surface area contributed by atoms with Crippen molar-refractivity contribution in [2.75, 3.05) is 6.61 Å². The van der Waals surface area contributed by atoms with E-state index in [0.717, 1.165) is 0 Å². The summed E-state index contributed by atoms with van der Waals surface area (Å²) in [5, 5.41) is 34.1. The van der Waals surface area contributed by atoms with E-state index in [9.17, 15) is 19.0 Å². The minimum Gasteiger partial charge on any atom is -0.395 e. The maximum atomic E-state index is 11.7. The van der Waals surface area contributed by atoms with Crippen molar-refractivity contribution in [1.29, 1.82) is 0 Å². The van der Waals surface area contributed by atoms with Gasteiger partial charge < -0.3 is 40.0 Å². The van der Waals surface area contributed by atoms with Crippen LogP contribution in [0.2, 0.25) is 0 Å². The van der Waals surface area contributed by atoms with Gasteiger partial charge in [-0.05, 0) is 36.4 Å². The number of phosphoric acid groups is 1. The van der Waals surface area contributed by atoms with Gasteiger partial charge in [0.2, 0.25) is 5.91 Å². The van der Waals surface area contributed by atoms with Crippen LogP contribution in [0, 0.1) is 0 Å². The van der Waals surface area contributed by atoms with E-state index in [1.54, 1.807) is 79.0 Å². The second-order valence-corrected chi connectivity index (χ2v) is 8.05. The van der Waals surface area contributed by atoms with E-state index in [1.165, 1.54) is 6.20 Å². The number of phosphoric ester groups is 1. The van der Waals surface area contributed by atoms with Crippen molar-refractivity contribution in [3.05, 3.63) is 90.8 Å². The topological polar surface area (TPSA) is 210 Å². The normalized spacial score (nSPS) is 12.8. The maximum Gasteiger partial charge on any atom is 0.584 e. The summed E-state index contributed by atoms with van der Waals surface area (Å²) >= 11 is 0. The molecule has 2 aromatic carbocycles. The Labute approximate surface area is 206 Å². The van der Waals surface area contributed by atoms with E-state index in [4.69, 9.17) is 35.2 Å². The van der Waals surface area contributed by atoms with Gasteiger partial charge in [0.25, 0.3) is 0 Å². The molecule has 1 heterocycles. The molecule has 13 heteroatoms. The van der Waals surface area contributed by atoms with Crippen LogP contribution in [0.3, 0.4) is 0 Å². The van der Waals surface area contributed by atoms with Crippen molar-refractivity contribution in [2.45, 2.75) is 18.3 Å². The largest absolute Gasteiger partial charge is 0.584 e. The lowest BCUT2D eigenvalue weighted by Crippen LogP contribution is -2.40. The molecular formula is C23H27N2O10P. The zero-order valence-electron chi connectivity index (χ0n) is 18.8. The minimum absolute atomic E-state index is 0.0869. The van der Waals surface area contributed by atoms with Gasteiger partial charge in [0.15, 0.2) is 6.29 Å². The zero-order valence-corrected chi connectivity index (χ0v) is 19.7. The van der Waals surface area contributed by atoms with E-state index < -0.39 is 38.6 Å². The van der Waals surface area contributed by atoms with Crippen LogP contribution in [-0.2, 0) is 9.36 Å². The molecule has 12 nitrogen and oxygen atoms in total. The number of benzene rings is 2. The highest BCUT2D eigenvalue weighted by atomic mass is 31.2. The summed E-state index contributed by atoms with van der Waals surface area (Å²) in [4.78, 5) is 33.4. The molecule has 194 valence electrons. The summed E-state index contributed by atoms with van der Waals surface area (Å²) < 4.78 is 21.5. The Morgan fingerprint density at radius 3 is 1.78 bits per heavy atom. The van der Waals surface area contributed by atoms with Crippen molar-refractivity contribution >= 4 is 20.0 Å². The molecule has 1 amide bonds. The van der Waals surface area contributed by atoms with Crippen LogP contribution in [0.5, 0.6) is 11.5 Å². The first-order valence-electron chi connectivity index (χ1n) is 10.2. The molecule has 0 aliphatic heterocycles. The van der Waals surface area contributed by atoms with Crippen molar-refractivity contribution in [3.8, 4) is 11.5 Å². The SMILES string of the molecule is NC(=O)c1cccnc1.O=CC(O)C(O)C(O)CO.O=P(O)(Oc1ccccc1)Oc1ccccc1. The summed E-state index contributed by atoms with van der Waals surface area (Å²) in [6.45, 7) is -0.688. The van der Waals surface area contributed by atoms with Crippen molar-refractivity contribution < 1.29 is 48.5 Å². The Kier molecular flexibility index (Phi) is 13.6. The third-order valence-corrected chi connectivity index (χ3v) is 4.83. The summed E-state index contributed by atoms with van der Waals surface area (Å²) in [7, 11) is -4.14. The monoisotopic (exact) mass is 522 g/mol. The quantitative estimate of drug-likeness (QED) is 0.170. The van der Waals surface area contributed by atoms with E-state index in [0.29, 0.717) is 5.56 Å². The van der Waals surface area contributed by atoms with Gasteiger partial charge in [-0.1, -0.05) is 36.4 Å². The smallest absolute Gasteiger partial charge is 0.395 e. The Hall–Kier alpha value is -3.64. The van der Waals surface area contributed by atoms with Crippen molar-refractivity contribution in [2.24, 2.45) is 5.73 Å². The number of aliphatic hydroxyl groups excluding tert-OH is 4. The first kappa shape index (κ1) is 30.4. The van der Waals surface area contributed by atoms with Crippen LogP contribution < -0.4 is 14.8 Å². The lowest BCUT2D eigenvalue weighted by atomic mass is 10.1. The highest BCUT2D eigenvalue weighted by Gasteiger charge is 2.24. The average Bonchev–Trinajstić information content (AvgIpc) is 2.89. The van der Waals surface area contributed by atoms with Crippen LogP contribution in [0.4, 0.5) is 0 Å². The Morgan fingerprint density at radius 2 is 1.44 bits per heavy atom. The van der Waals surface area contributed by atoms with E-state index >= 15 is 0 Å². The number of pyridine rings is 1. The van der Waals surface area contributed by atoms with Crippen molar-refractivity contribution in [3.63, 3.8) is 0 Å². The summed E-state index contributed by atoms with van der Waals surface area (Å²) in [5.41, 5.74) is 5.38. The highest BCUT2D eigenvalue weighted by molar-refractivity contribution is 7.48. The predicted molar refractivity (Wildman–Crippen MR) is 128 cm³/mol. The second-order valence-electron chi connectivity index (χ2n) is 6.75. The number of amides is 1. The van der Waals surface area contributed by atoms with Crippen molar-refractivity contribution in [1.82, 2.24) is 4.98 Å². The molecule has 7 N–H and O–H groups in total. The molecule has 0 saturated carbocycles. The van der Waals surface area contributed by atoms with Gasteiger partial charge in [-0.25, -0.2) is 4.57 Å². The molecule has 3 unspecified atom stereocenters. The fraction of sp³-hybridized carbons (Fsp3) is 0.174.